The summed E-state index contributed by atoms with van der Waals surface area (Å²) in [6.07, 6.45) is 2.75. The molecule has 6 heteroatoms. The van der Waals surface area contributed by atoms with Gasteiger partial charge < -0.3 is 20.9 Å². The van der Waals surface area contributed by atoms with Gasteiger partial charge >= 0.3 is 12.2 Å². The molecule has 0 heterocycles. The second-order valence-electron chi connectivity index (χ2n) is 4.85. The first-order valence-electron chi connectivity index (χ1n) is 5.78. The van der Waals surface area contributed by atoms with Crippen molar-refractivity contribution in [2.75, 3.05) is 13.2 Å². The van der Waals surface area contributed by atoms with E-state index in [-0.39, 0.29) is 13.2 Å². The molecule has 1 rings (SSSR count). The lowest BCUT2D eigenvalue weighted by molar-refractivity contribution is 0.00564. The standard InChI is InChI=1S/C11H20N2O4/c1-11(6-16-9(12)14,7-17-10(13)15)8-4-2-3-5-8/h8H,2-7H2,1H3,(H2,12,14)(H2,13,15). The highest BCUT2D eigenvalue weighted by Gasteiger charge is 2.38. The van der Waals surface area contributed by atoms with E-state index in [4.69, 9.17) is 20.9 Å². The molecule has 1 aliphatic rings. The second-order valence-corrected chi connectivity index (χ2v) is 4.85. The summed E-state index contributed by atoms with van der Waals surface area (Å²) in [6, 6.07) is 0. The molecule has 98 valence electrons. The van der Waals surface area contributed by atoms with Gasteiger partial charge in [0.1, 0.15) is 13.2 Å². The molecule has 0 radical (unpaired) electrons. The van der Waals surface area contributed by atoms with E-state index in [0.29, 0.717) is 5.92 Å². The molecule has 17 heavy (non-hydrogen) atoms. The Morgan fingerprint density at radius 3 is 1.88 bits per heavy atom. The predicted octanol–water partition coefficient (Wildman–Crippen LogP) is 1.37. The van der Waals surface area contributed by atoms with E-state index < -0.39 is 17.6 Å². The molecule has 0 saturated heterocycles. The average Bonchev–Trinajstić information content (AvgIpc) is 2.77. The number of carbonyl (C=O) groups is 2. The summed E-state index contributed by atoms with van der Waals surface area (Å²) < 4.78 is 9.72. The lowest BCUT2D eigenvalue weighted by atomic mass is 9.77. The van der Waals surface area contributed by atoms with Gasteiger partial charge in [-0.2, -0.15) is 0 Å². The van der Waals surface area contributed by atoms with Crippen LogP contribution in [0.4, 0.5) is 9.59 Å². The molecule has 0 unspecified atom stereocenters. The maximum Gasteiger partial charge on any atom is 0.404 e. The number of hydrogen-bond acceptors (Lipinski definition) is 4. The zero-order valence-electron chi connectivity index (χ0n) is 10.1. The third kappa shape index (κ3) is 4.13. The van der Waals surface area contributed by atoms with Crippen LogP contribution in [0.3, 0.4) is 0 Å². The number of primary amides is 2. The molecule has 0 bridgehead atoms. The molecule has 0 spiro atoms. The van der Waals surface area contributed by atoms with Crippen molar-refractivity contribution in [3.05, 3.63) is 0 Å². The summed E-state index contributed by atoms with van der Waals surface area (Å²) in [4.78, 5) is 21.3. The van der Waals surface area contributed by atoms with Crippen LogP contribution in [0.5, 0.6) is 0 Å². The van der Waals surface area contributed by atoms with E-state index in [0.717, 1.165) is 25.7 Å². The summed E-state index contributed by atoms with van der Waals surface area (Å²) >= 11 is 0. The van der Waals surface area contributed by atoms with Crippen molar-refractivity contribution in [1.29, 1.82) is 0 Å². The van der Waals surface area contributed by atoms with Crippen LogP contribution in [-0.4, -0.2) is 25.4 Å². The number of carbonyl (C=O) groups excluding carboxylic acids is 2. The van der Waals surface area contributed by atoms with Gasteiger partial charge in [-0.15, -0.1) is 0 Å². The van der Waals surface area contributed by atoms with Crippen LogP contribution < -0.4 is 11.5 Å². The fraction of sp³-hybridized carbons (Fsp3) is 0.818. The Bertz CT molecular complexity index is 269. The zero-order chi connectivity index (χ0) is 12.9. The van der Waals surface area contributed by atoms with Gasteiger partial charge in [-0.25, -0.2) is 9.59 Å². The first-order valence-corrected chi connectivity index (χ1v) is 5.78. The number of nitrogens with two attached hydrogens (primary N) is 2. The third-order valence-electron chi connectivity index (χ3n) is 3.43. The Balaban J connectivity index is 2.60. The van der Waals surface area contributed by atoms with Gasteiger partial charge in [-0.05, 0) is 18.8 Å². The van der Waals surface area contributed by atoms with Crippen LogP contribution in [-0.2, 0) is 9.47 Å². The van der Waals surface area contributed by atoms with Crippen LogP contribution in [0, 0.1) is 11.3 Å². The highest BCUT2D eigenvalue weighted by Crippen LogP contribution is 2.40. The number of hydrogen-bond donors (Lipinski definition) is 2. The quantitative estimate of drug-likeness (QED) is 0.761. The van der Waals surface area contributed by atoms with Gasteiger partial charge in [0.2, 0.25) is 0 Å². The van der Waals surface area contributed by atoms with Gasteiger partial charge in [0.15, 0.2) is 0 Å². The summed E-state index contributed by atoms with van der Waals surface area (Å²) in [5, 5.41) is 0. The van der Waals surface area contributed by atoms with Crippen molar-refractivity contribution >= 4 is 12.2 Å². The van der Waals surface area contributed by atoms with Gasteiger partial charge in [-0.1, -0.05) is 19.8 Å². The minimum Gasteiger partial charge on any atom is -0.449 e. The lowest BCUT2D eigenvalue weighted by Crippen LogP contribution is -2.39. The summed E-state index contributed by atoms with van der Waals surface area (Å²) in [7, 11) is 0. The molecule has 0 aliphatic heterocycles. The number of rotatable bonds is 5. The van der Waals surface area contributed by atoms with E-state index in [1.807, 2.05) is 6.92 Å². The third-order valence-corrected chi connectivity index (χ3v) is 3.43. The average molecular weight is 244 g/mol. The molecule has 1 saturated carbocycles. The van der Waals surface area contributed by atoms with E-state index in [9.17, 15) is 9.59 Å². The topological polar surface area (TPSA) is 105 Å². The zero-order valence-corrected chi connectivity index (χ0v) is 10.1. The maximum absolute atomic E-state index is 10.7. The van der Waals surface area contributed by atoms with Crippen LogP contribution >= 0.6 is 0 Å². The highest BCUT2D eigenvalue weighted by molar-refractivity contribution is 5.65. The molecule has 4 N–H and O–H groups in total. The minimum atomic E-state index is -0.812. The van der Waals surface area contributed by atoms with Crippen molar-refractivity contribution in [2.45, 2.75) is 32.6 Å². The molecular formula is C11H20N2O4. The summed E-state index contributed by atoms with van der Waals surface area (Å²) in [5.74, 6) is 0.362. The predicted molar refractivity (Wildman–Crippen MR) is 61.1 cm³/mol. The normalized spacial score (nSPS) is 16.8. The van der Waals surface area contributed by atoms with E-state index in [1.165, 1.54) is 0 Å². The monoisotopic (exact) mass is 244 g/mol. The van der Waals surface area contributed by atoms with Crippen LogP contribution in [0.1, 0.15) is 32.6 Å². The Morgan fingerprint density at radius 1 is 1.12 bits per heavy atom. The van der Waals surface area contributed by atoms with Crippen molar-refractivity contribution in [2.24, 2.45) is 22.8 Å². The molecule has 2 amide bonds. The molecule has 0 aromatic carbocycles. The fourth-order valence-corrected chi connectivity index (χ4v) is 2.37. The Morgan fingerprint density at radius 2 is 1.53 bits per heavy atom. The Kier molecular flexibility index (Phi) is 4.60. The molecule has 1 aliphatic carbocycles. The highest BCUT2D eigenvalue weighted by atomic mass is 16.6. The van der Waals surface area contributed by atoms with Crippen LogP contribution in [0.25, 0.3) is 0 Å². The molecular weight excluding hydrogens is 224 g/mol. The molecule has 1 fully saturated rings. The molecule has 0 aromatic heterocycles. The Hall–Kier alpha value is -1.46. The van der Waals surface area contributed by atoms with Gasteiger partial charge in [0.05, 0.1) is 0 Å². The smallest absolute Gasteiger partial charge is 0.404 e. The summed E-state index contributed by atoms with van der Waals surface area (Å²) in [5.41, 5.74) is 9.52. The van der Waals surface area contributed by atoms with Crippen molar-refractivity contribution < 1.29 is 19.1 Å². The number of amides is 2. The van der Waals surface area contributed by atoms with Gasteiger partial charge in [0.25, 0.3) is 0 Å². The Labute approximate surface area is 101 Å². The molecule has 6 nitrogen and oxygen atoms in total. The van der Waals surface area contributed by atoms with E-state index in [2.05, 4.69) is 0 Å². The summed E-state index contributed by atoms with van der Waals surface area (Å²) in [6.45, 7) is 2.23. The van der Waals surface area contributed by atoms with E-state index in [1.54, 1.807) is 0 Å². The number of ether oxygens (including phenoxy) is 2. The second kappa shape index (κ2) is 5.75. The minimum absolute atomic E-state index is 0.153. The van der Waals surface area contributed by atoms with Crippen molar-refractivity contribution in [3.63, 3.8) is 0 Å². The maximum atomic E-state index is 10.7. The van der Waals surface area contributed by atoms with Gasteiger partial charge in [0, 0.05) is 5.41 Å². The SMILES string of the molecule is CC(COC(N)=O)(COC(N)=O)C1CCCC1. The molecule has 0 aromatic rings. The van der Waals surface area contributed by atoms with E-state index >= 15 is 0 Å². The van der Waals surface area contributed by atoms with Crippen molar-refractivity contribution in [3.8, 4) is 0 Å². The first kappa shape index (κ1) is 13.6. The van der Waals surface area contributed by atoms with Crippen molar-refractivity contribution in [1.82, 2.24) is 0 Å². The first-order chi connectivity index (χ1) is 7.94. The largest absolute Gasteiger partial charge is 0.449 e. The van der Waals surface area contributed by atoms with Gasteiger partial charge in [-0.3, -0.25) is 0 Å². The fourth-order valence-electron chi connectivity index (χ4n) is 2.37. The van der Waals surface area contributed by atoms with Crippen LogP contribution in [0.2, 0.25) is 0 Å². The lowest BCUT2D eigenvalue weighted by Gasteiger charge is -2.33. The van der Waals surface area contributed by atoms with Crippen LogP contribution in [0.15, 0.2) is 0 Å². The molecule has 0 atom stereocenters.